The first kappa shape index (κ1) is 20.9. The first-order valence-corrected chi connectivity index (χ1v) is 11.1. The summed E-state index contributed by atoms with van der Waals surface area (Å²) in [5, 5.41) is 2.90. The van der Waals surface area contributed by atoms with Crippen molar-refractivity contribution < 1.29 is 19.1 Å². The number of carbonyl (C=O) groups excluding carboxylic acids is 3. The quantitative estimate of drug-likeness (QED) is 0.479. The van der Waals surface area contributed by atoms with Crippen LogP contribution in [0.4, 0.5) is 10.5 Å². The maximum atomic E-state index is 12.8. The highest BCUT2D eigenvalue weighted by molar-refractivity contribution is 6.09. The van der Waals surface area contributed by atoms with E-state index in [4.69, 9.17) is 4.74 Å². The topological polar surface area (TPSA) is 75.7 Å². The maximum absolute atomic E-state index is 12.8. The second kappa shape index (κ2) is 8.54. The van der Waals surface area contributed by atoms with Crippen molar-refractivity contribution in [2.24, 2.45) is 0 Å². The highest BCUT2D eigenvalue weighted by atomic mass is 16.6. The molecule has 0 atom stereocenters. The SMILES string of the molecule is O=C1Cc2ccccc2C2(CCN(C(=O)Nc3ccc(C(=O)c4ccccc4)cc3)CC2)O1. The number of piperidine rings is 1. The van der Waals surface area contributed by atoms with Gasteiger partial charge < -0.3 is 15.0 Å². The number of nitrogens with one attached hydrogen (secondary N) is 1. The summed E-state index contributed by atoms with van der Waals surface area (Å²) in [7, 11) is 0. The molecule has 6 heteroatoms. The Morgan fingerprint density at radius 2 is 1.45 bits per heavy atom. The van der Waals surface area contributed by atoms with Crippen molar-refractivity contribution in [1.82, 2.24) is 4.90 Å². The van der Waals surface area contributed by atoms with Gasteiger partial charge in [-0.2, -0.15) is 0 Å². The van der Waals surface area contributed by atoms with E-state index in [1.54, 1.807) is 41.3 Å². The molecule has 1 spiro atoms. The van der Waals surface area contributed by atoms with Crippen molar-refractivity contribution in [3.63, 3.8) is 0 Å². The molecule has 3 aromatic carbocycles. The van der Waals surface area contributed by atoms with Crippen molar-refractivity contribution >= 4 is 23.5 Å². The Labute approximate surface area is 192 Å². The molecule has 6 nitrogen and oxygen atoms in total. The fourth-order valence-corrected chi connectivity index (χ4v) is 4.69. The Balaban J connectivity index is 1.23. The predicted octanol–water partition coefficient (Wildman–Crippen LogP) is 4.54. The minimum absolute atomic E-state index is 0.0582. The number of amides is 2. The number of esters is 1. The van der Waals surface area contributed by atoms with Crippen LogP contribution in [0.1, 0.15) is 39.9 Å². The highest BCUT2D eigenvalue weighted by Gasteiger charge is 2.44. The monoisotopic (exact) mass is 440 g/mol. The van der Waals surface area contributed by atoms with Crippen LogP contribution in [0.3, 0.4) is 0 Å². The first-order valence-electron chi connectivity index (χ1n) is 11.1. The number of hydrogen-bond donors (Lipinski definition) is 1. The average Bonchev–Trinajstić information content (AvgIpc) is 2.85. The van der Waals surface area contributed by atoms with E-state index in [1.165, 1.54) is 0 Å². The smallest absolute Gasteiger partial charge is 0.321 e. The van der Waals surface area contributed by atoms with E-state index in [1.807, 2.05) is 42.5 Å². The van der Waals surface area contributed by atoms with Gasteiger partial charge in [0.2, 0.25) is 0 Å². The van der Waals surface area contributed by atoms with Gasteiger partial charge in [0.05, 0.1) is 6.42 Å². The van der Waals surface area contributed by atoms with Crippen LogP contribution in [-0.4, -0.2) is 35.8 Å². The van der Waals surface area contributed by atoms with E-state index >= 15 is 0 Å². The summed E-state index contributed by atoms with van der Waals surface area (Å²) in [6, 6.07) is 23.7. The number of nitrogens with zero attached hydrogens (tertiary/aromatic N) is 1. The van der Waals surface area contributed by atoms with Gasteiger partial charge in [-0.25, -0.2) is 4.79 Å². The number of likely N-dealkylation sites (tertiary alicyclic amines) is 1. The molecule has 0 aromatic heterocycles. The van der Waals surface area contributed by atoms with Crippen molar-refractivity contribution in [3.05, 3.63) is 101 Å². The molecule has 0 aliphatic carbocycles. The Morgan fingerprint density at radius 3 is 2.18 bits per heavy atom. The molecule has 166 valence electrons. The lowest BCUT2D eigenvalue weighted by Crippen LogP contribution is -2.50. The van der Waals surface area contributed by atoms with E-state index < -0.39 is 5.60 Å². The van der Waals surface area contributed by atoms with Crippen molar-refractivity contribution in [2.75, 3.05) is 18.4 Å². The molecule has 0 saturated carbocycles. The summed E-state index contributed by atoms with van der Waals surface area (Å²) in [6.45, 7) is 0.968. The summed E-state index contributed by atoms with van der Waals surface area (Å²) in [6.07, 6.45) is 1.42. The molecule has 33 heavy (non-hydrogen) atoms. The molecule has 2 aliphatic heterocycles. The van der Waals surface area contributed by atoms with E-state index in [9.17, 15) is 14.4 Å². The van der Waals surface area contributed by atoms with E-state index in [0.717, 1.165) is 11.1 Å². The maximum Gasteiger partial charge on any atom is 0.321 e. The number of ether oxygens (including phenoxy) is 1. The second-order valence-corrected chi connectivity index (χ2v) is 8.49. The predicted molar refractivity (Wildman–Crippen MR) is 124 cm³/mol. The highest BCUT2D eigenvalue weighted by Crippen LogP contribution is 2.41. The number of benzene rings is 3. The summed E-state index contributed by atoms with van der Waals surface area (Å²) < 4.78 is 5.83. The van der Waals surface area contributed by atoms with E-state index in [0.29, 0.717) is 49.2 Å². The molecule has 1 saturated heterocycles. The van der Waals surface area contributed by atoms with E-state index in [-0.39, 0.29) is 17.8 Å². The van der Waals surface area contributed by atoms with Crippen LogP contribution < -0.4 is 5.32 Å². The van der Waals surface area contributed by atoms with Gasteiger partial charge in [0.15, 0.2) is 5.78 Å². The summed E-state index contributed by atoms with van der Waals surface area (Å²) >= 11 is 0. The number of fused-ring (bicyclic) bond motifs is 2. The number of rotatable bonds is 3. The number of anilines is 1. The summed E-state index contributed by atoms with van der Waals surface area (Å²) in [5.74, 6) is -0.270. The van der Waals surface area contributed by atoms with Crippen molar-refractivity contribution in [1.29, 1.82) is 0 Å². The van der Waals surface area contributed by atoms with Crippen LogP contribution in [0.2, 0.25) is 0 Å². The lowest BCUT2D eigenvalue weighted by molar-refractivity contribution is -0.168. The van der Waals surface area contributed by atoms with Gasteiger partial charge in [0, 0.05) is 42.7 Å². The minimum Gasteiger partial charge on any atom is -0.454 e. The van der Waals surface area contributed by atoms with Crippen LogP contribution in [0, 0.1) is 0 Å². The van der Waals surface area contributed by atoms with Crippen LogP contribution in [0.5, 0.6) is 0 Å². The van der Waals surface area contributed by atoms with Crippen LogP contribution >= 0.6 is 0 Å². The molecule has 1 fully saturated rings. The zero-order chi connectivity index (χ0) is 22.8. The second-order valence-electron chi connectivity index (χ2n) is 8.49. The molecule has 2 heterocycles. The lowest BCUT2D eigenvalue weighted by Gasteiger charge is -2.44. The summed E-state index contributed by atoms with van der Waals surface area (Å²) in [5.41, 5.74) is 3.24. The van der Waals surface area contributed by atoms with Gasteiger partial charge in [-0.3, -0.25) is 9.59 Å². The Morgan fingerprint density at radius 1 is 0.818 bits per heavy atom. The molecule has 3 aromatic rings. The third-order valence-electron chi connectivity index (χ3n) is 6.44. The normalized spacial score (nSPS) is 16.6. The Kier molecular flexibility index (Phi) is 5.42. The molecule has 2 aliphatic rings. The molecule has 5 rings (SSSR count). The van der Waals surface area contributed by atoms with Gasteiger partial charge in [-0.15, -0.1) is 0 Å². The average molecular weight is 440 g/mol. The number of urea groups is 1. The zero-order valence-electron chi connectivity index (χ0n) is 18.1. The molecular weight excluding hydrogens is 416 g/mol. The van der Waals surface area contributed by atoms with Crippen LogP contribution in [0.25, 0.3) is 0 Å². The first-order chi connectivity index (χ1) is 16.0. The molecule has 0 unspecified atom stereocenters. The Bertz CT molecular complexity index is 1200. The third-order valence-corrected chi connectivity index (χ3v) is 6.44. The number of hydrogen-bond acceptors (Lipinski definition) is 4. The van der Waals surface area contributed by atoms with Gasteiger partial charge in [-0.05, 0) is 35.4 Å². The number of ketones is 1. The summed E-state index contributed by atoms with van der Waals surface area (Å²) in [4.78, 5) is 39.3. The van der Waals surface area contributed by atoms with Gasteiger partial charge in [0.1, 0.15) is 5.60 Å². The fourth-order valence-electron chi connectivity index (χ4n) is 4.69. The van der Waals surface area contributed by atoms with Crippen LogP contribution in [-0.2, 0) is 21.6 Å². The minimum atomic E-state index is -0.651. The van der Waals surface area contributed by atoms with Crippen molar-refractivity contribution in [3.8, 4) is 0 Å². The molecule has 1 N–H and O–H groups in total. The fraction of sp³-hybridized carbons (Fsp3) is 0.222. The molecule has 2 amide bonds. The lowest BCUT2D eigenvalue weighted by atomic mass is 9.79. The third kappa shape index (κ3) is 4.12. The van der Waals surface area contributed by atoms with E-state index in [2.05, 4.69) is 5.32 Å². The molecule has 0 bridgehead atoms. The van der Waals surface area contributed by atoms with Gasteiger partial charge >= 0.3 is 12.0 Å². The zero-order valence-corrected chi connectivity index (χ0v) is 18.1. The molecule has 0 radical (unpaired) electrons. The largest absolute Gasteiger partial charge is 0.454 e. The standard InChI is InChI=1S/C27H24N2O4/c30-24-18-21-8-4-5-9-23(21)27(33-24)14-16-29(17-15-27)26(32)28-22-12-10-20(11-13-22)25(31)19-6-2-1-3-7-19/h1-13H,14-18H2,(H,28,32). The van der Waals surface area contributed by atoms with Crippen LogP contribution in [0.15, 0.2) is 78.9 Å². The number of carbonyl (C=O) groups is 3. The molecular formula is C27H24N2O4. The van der Waals surface area contributed by atoms with Crippen molar-refractivity contribution in [2.45, 2.75) is 24.9 Å². The van der Waals surface area contributed by atoms with Gasteiger partial charge in [-0.1, -0.05) is 54.6 Å². The Hall–Kier alpha value is -3.93. The van der Waals surface area contributed by atoms with Gasteiger partial charge in [0.25, 0.3) is 0 Å².